The fourth-order valence-electron chi connectivity index (χ4n) is 2.72. The van der Waals surface area contributed by atoms with Gasteiger partial charge in [-0.3, -0.25) is 9.69 Å². The van der Waals surface area contributed by atoms with E-state index in [2.05, 4.69) is 32.8 Å². The molecule has 2 unspecified atom stereocenters. The first-order chi connectivity index (χ1) is 10.1. The summed E-state index contributed by atoms with van der Waals surface area (Å²) < 4.78 is 0. The molecule has 1 saturated heterocycles. The zero-order valence-electron chi connectivity index (χ0n) is 14.0. The molecule has 2 rings (SSSR count). The molecule has 0 spiro atoms. The summed E-state index contributed by atoms with van der Waals surface area (Å²) >= 11 is 1.51. The molecule has 0 bridgehead atoms. The number of amides is 1. The van der Waals surface area contributed by atoms with Crippen molar-refractivity contribution in [2.45, 2.75) is 33.2 Å². The van der Waals surface area contributed by atoms with Crippen LogP contribution in [-0.2, 0) is 11.3 Å². The molecule has 0 aromatic carbocycles. The average molecular weight is 383 g/mol. The number of nitrogens with one attached hydrogen (secondary N) is 2. The number of piperidine rings is 1. The number of anilines is 1. The van der Waals surface area contributed by atoms with Crippen LogP contribution in [-0.4, -0.2) is 42.5 Å². The summed E-state index contributed by atoms with van der Waals surface area (Å²) in [7, 11) is 1.85. The summed E-state index contributed by atoms with van der Waals surface area (Å²) in [5.74, 6) is 0.751. The second-order valence-electron chi connectivity index (χ2n) is 6.07. The van der Waals surface area contributed by atoms with Gasteiger partial charge in [-0.05, 0) is 32.4 Å². The quantitative estimate of drug-likeness (QED) is 0.793. The van der Waals surface area contributed by atoms with E-state index in [1.54, 1.807) is 0 Å². The number of rotatable bonds is 6. The zero-order chi connectivity index (χ0) is 15.2. The molecule has 2 atom stereocenters. The molecule has 23 heavy (non-hydrogen) atoms. The lowest BCUT2D eigenvalue weighted by molar-refractivity contribution is -0.119. The fourth-order valence-corrected chi connectivity index (χ4v) is 3.43. The van der Waals surface area contributed by atoms with E-state index in [9.17, 15) is 4.79 Å². The molecular weight excluding hydrogens is 355 g/mol. The van der Waals surface area contributed by atoms with E-state index in [1.807, 2.05) is 14.0 Å². The summed E-state index contributed by atoms with van der Waals surface area (Å²) in [4.78, 5) is 18.9. The van der Waals surface area contributed by atoms with Crippen LogP contribution in [0, 0.1) is 11.8 Å². The van der Waals surface area contributed by atoms with E-state index >= 15 is 0 Å². The van der Waals surface area contributed by atoms with Gasteiger partial charge in [0.1, 0.15) is 0 Å². The molecule has 1 aromatic rings. The van der Waals surface area contributed by atoms with Crippen molar-refractivity contribution in [1.29, 1.82) is 0 Å². The maximum Gasteiger partial charge on any atom is 0.230 e. The molecule has 1 amide bonds. The number of aromatic nitrogens is 1. The highest BCUT2D eigenvalue weighted by atomic mass is 35.5. The van der Waals surface area contributed by atoms with E-state index in [1.165, 1.54) is 24.2 Å². The fraction of sp³-hybridized carbons (Fsp3) is 0.733. The van der Waals surface area contributed by atoms with Gasteiger partial charge in [-0.15, -0.1) is 36.2 Å². The molecule has 1 aromatic heterocycles. The Kier molecular flexibility index (Phi) is 11.0. The van der Waals surface area contributed by atoms with Crippen LogP contribution in [0.5, 0.6) is 0 Å². The van der Waals surface area contributed by atoms with Crippen molar-refractivity contribution in [2.75, 3.05) is 32.0 Å². The molecule has 2 N–H and O–H groups in total. The third-order valence-corrected chi connectivity index (χ3v) is 4.67. The first-order valence-corrected chi connectivity index (χ1v) is 8.58. The highest BCUT2D eigenvalue weighted by Gasteiger charge is 2.18. The number of likely N-dealkylation sites (tertiary alicyclic amines) is 1. The van der Waals surface area contributed by atoms with Gasteiger partial charge in [0.15, 0.2) is 5.13 Å². The number of nitrogens with zero attached hydrogens (tertiary/aromatic N) is 2. The van der Waals surface area contributed by atoms with Gasteiger partial charge in [-0.25, -0.2) is 4.98 Å². The third-order valence-electron chi connectivity index (χ3n) is 3.87. The summed E-state index contributed by atoms with van der Waals surface area (Å²) in [6.45, 7) is 8.09. The largest absolute Gasteiger partial charge is 0.319 e. The van der Waals surface area contributed by atoms with E-state index in [0.29, 0.717) is 11.7 Å². The molecule has 0 saturated carbocycles. The van der Waals surface area contributed by atoms with Crippen molar-refractivity contribution in [3.05, 3.63) is 11.1 Å². The van der Waals surface area contributed by atoms with Crippen LogP contribution >= 0.6 is 36.2 Å². The van der Waals surface area contributed by atoms with Crippen molar-refractivity contribution in [1.82, 2.24) is 15.2 Å². The number of carbonyl (C=O) groups excluding carboxylic acids is 1. The molecular formula is C15H28Cl2N4OS. The number of halogens is 2. The number of carbonyl (C=O) groups is 1. The van der Waals surface area contributed by atoms with Crippen LogP contribution in [0.25, 0.3) is 0 Å². The molecule has 0 radical (unpaired) electrons. The lowest BCUT2D eigenvalue weighted by Gasteiger charge is -2.30. The van der Waals surface area contributed by atoms with Crippen molar-refractivity contribution in [3.63, 3.8) is 0 Å². The smallest absolute Gasteiger partial charge is 0.230 e. The van der Waals surface area contributed by atoms with E-state index in [0.717, 1.165) is 31.2 Å². The summed E-state index contributed by atoms with van der Waals surface area (Å²) in [6.07, 6.45) is 2.61. The molecule has 1 fully saturated rings. The maximum atomic E-state index is 11.9. The van der Waals surface area contributed by atoms with Crippen molar-refractivity contribution in [3.8, 4) is 0 Å². The summed E-state index contributed by atoms with van der Waals surface area (Å²) in [5.41, 5.74) is 1.06. The standard InChI is InChI=1S/C15H26N4OS.2ClH/c1-11-5-4-6-19(8-11)9-13-10-21-15(17-13)18-14(20)12(2)7-16-3;;/h10-12,16H,4-9H2,1-3H3,(H,17,18,20);2*1H. The van der Waals surface area contributed by atoms with Crippen molar-refractivity contribution in [2.24, 2.45) is 11.8 Å². The van der Waals surface area contributed by atoms with Gasteiger partial charge in [0.05, 0.1) is 5.69 Å². The topological polar surface area (TPSA) is 57.3 Å². The average Bonchev–Trinajstić information content (AvgIpc) is 2.86. The van der Waals surface area contributed by atoms with E-state index in [4.69, 9.17) is 0 Å². The minimum Gasteiger partial charge on any atom is -0.319 e. The molecule has 1 aliphatic rings. The van der Waals surface area contributed by atoms with E-state index < -0.39 is 0 Å². The zero-order valence-corrected chi connectivity index (χ0v) is 16.5. The lowest BCUT2D eigenvalue weighted by atomic mass is 10.0. The molecule has 8 heteroatoms. The van der Waals surface area contributed by atoms with Crippen molar-refractivity contribution >= 4 is 47.2 Å². The Bertz CT molecular complexity index is 472. The van der Waals surface area contributed by atoms with Crippen LogP contribution < -0.4 is 10.6 Å². The van der Waals surface area contributed by atoms with E-state index in [-0.39, 0.29) is 36.6 Å². The molecule has 0 aliphatic carbocycles. The predicted molar refractivity (Wildman–Crippen MR) is 102 cm³/mol. The van der Waals surface area contributed by atoms with Crippen LogP contribution in [0.15, 0.2) is 5.38 Å². The van der Waals surface area contributed by atoms with Gasteiger partial charge in [-0.2, -0.15) is 0 Å². The van der Waals surface area contributed by atoms with Gasteiger partial charge in [-0.1, -0.05) is 13.8 Å². The highest BCUT2D eigenvalue weighted by molar-refractivity contribution is 7.13. The Hall–Kier alpha value is -0.400. The summed E-state index contributed by atoms with van der Waals surface area (Å²) in [5, 5.41) is 8.68. The third kappa shape index (κ3) is 7.35. The van der Waals surface area contributed by atoms with Crippen LogP contribution in [0.3, 0.4) is 0 Å². The Morgan fingerprint density at radius 1 is 1.52 bits per heavy atom. The molecule has 2 heterocycles. The van der Waals surface area contributed by atoms with Crippen molar-refractivity contribution < 1.29 is 4.79 Å². The number of hydrogen-bond donors (Lipinski definition) is 2. The van der Waals surface area contributed by atoms with Crippen LogP contribution in [0.1, 0.15) is 32.4 Å². The normalized spacial score (nSPS) is 19.3. The Balaban J connectivity index is 0.00000242. The highest BCUT2D eigenvalue weighted by Crippen LogP contribution is 2.21. The Morgan fingerprint density at radius 3 is 2.91 bits per heavy atom. The second kappa shape index (κ2) is 11.2. The minimum absolute atomic E-state index is 0. The molecule has 1 aliphatic heterocycles. The van der Waals surface area contributed by atoms with Gasteiger partial charge < -0.3 is 10.6 Å². The van der Waals surface area contributed by atoms with Gasteiger partial charge in [0.2, 0.25) is 5.91 Å². The number of thiazole rings is 1. The van der Waals surface area contributed by atoms with Gasteiger partial charge in [0, 0.05) is 30.9 Å². The number of hydrogen-bond acceptors (Lipinski definition) is 5. The monoisotopic (exact) mass is 382 g/mol. The van der Waals surface area contributed by atoms with Crippen LogP contribution in [0.2, 0.25) is 0 Å². The Labute approximate surface area is 155 Å². The lowest BCUT2D eigenvalue weighted by Crippen LogP contribution is -2.33. The Morgan fingerprint density at radius 2 is 2.26 bits per heavy atom. The first kappa shape index (κ1) is 22.6. The minimum atomic E-state index is -0.0507. The predicted octanol–water partition coefficient (Wildman–Crippen LogP) is 3.01. The molecule has 134 valence electrons. The first-order valence-electron chi connectivity index (χ1n) is 7.70. The second-order valence-corrected chi connectivity index (χ2v) is 6.93. The maximum absolute atomic E-state index is 11.9. The van der Waals surface area contributed by atoms with Gasteiger partial charge >= 0.3 is 0 Å². The summed E-state index contributed by atoms with van der Waals surface area (Å²) in [6, 6.07) is 0. The molecule has 5 nitrogen and oxygen atoms in total. The van der Waals surface area contributed by atoms with Crippen LogP contribution in [0.4, 0.5) is 5.13 Å². The SMILES string of the molecule is CNCC(C)C(=O)Nc1nc(CN2CCCC(C)C2)cs1.Cl.Cl. The van der Waals surface area contributed by atoms with Gasteiger partial charge in [0.25, 0.3) is 0 Å².